The molecular weight excluding hydrogens is 192 g/mol. The Bertz CT molecular complexity index is 477. The maximum Gasteiger partial charge on any atom is 0.292 e. The molecule has 1 heterocycles. The molecule has 0 aliphatic heterocycles. The monoisotopic (exact) mass is 204 g/mol. The van der Waals surface area contributed by atoms with Crippen LogP contribution in [0.4, 0.5) is 6.01 Å². The summed E-state index contributed by atoms with van der Waals surface area (Å²) in [5.74, 6) is 1.37. The van der Waals surface area contributed by atoms with Gasteiger partial charge >= 0.3 is 0 Å². The minimum absolute atomic E-state index is 0.160. The van der Waals surface area contributed by atoms with Crippen LogP contribution >= 0.6 is 0 Å². The van der Waals surface area contributed by atoms with Crippen molar-refractivity contribution in [1.82, 2.24) is 4.98 Å². The number of hydrogen-bond donors (Lipinski definition) is 1. The van der Waals surface area contributed by atoms with Gasteiger partial charge in [-0.15, -0.1) is 0 Å². The van der Waals surface area contributed by atoms with E-state index in [9.17, 15) is 0 Å². The molecular formula is C11H12N2O2. The van der Waals surface area contributed by atoms with Crippen LogP contribution in [-0.4, -0.2) is 12.1 Å². The highest BCUT2D eigenvalue weighted by atomic mass is 16.5. The molecule has 2 N–H and O–H groups in total. The quantitative estimate of drug-likeness (QED) is 0.814. The Morgan fingerprint density at radius 2 is 2.20 bits per heavy atom. The summed E-state index contributed by atoms with van der Waals surface area (Å²) in [5.41, 5.74) is 7.40. The molecule has 0 spiro atoms. The van der Waals surface area contributed by atoms with Gasteiger partial charge in [0.05, 0.1) is 18.9 Å². The van der Waals surface area contributed by atoms with Crippen molar-refractivity contribution >= 4 is 6.01 Å². The number of nitrogen functional groups attached to an aromatic ring is 1. The first kappa shape index (κ1) is 9.58. The standard InChI is InChI=1S/C11H12N2O2/c1-7-3-4-8(9(5-7)14-2)10-6-13-11(12)15-10/h3-6H,1-2H3,(H2,12,13). The molecule has 0 amide bonds. The molecule has 2 rings (SSSR count). The third kappa shape index (κ3) is 1.79. The van der Waals surface area contributed by atoms with Crippen molar-refractivity contribution < 1.29 is 9.15 Å². The molecule has 0 fully saturated rings. The molecule has 4 heteroatoms. The van der Waals surface area contributed by atoms with Gasteiger partial charge in [-0.05, 0) is 24.6 Å². The molecule has 1 aromatic carbocycles. The van der Waals surface area contributed by atoms with Crippen molar-refractivity contribution in [3.8, 4) is 17.1 Å². The van der Waals surface area contributed by atoms with Gasteiger partial charge < -0.3 is 14.9 Å². The summed E-state index contributed by atoms with van der Waals surface area (Å²) < 4.78 is 10.5. The van der Waals surface area contributed by atoms with Crippen LogP contribution in [0.25, 0.3) is 11.3 Å². The molecule has 0 unspecified atom stereocenters. The van der Waals surface area contributed by atoms with Crippen LogP contribution < -0.4 is 10.5 Å². The van der Waals surface area contributed by atoms with Crippen molar-refractivity contribution in [1.29, 1.82) is 0 Å². The van der Waals surface area contributed by atoms with Crippen molar-refractivity contribution in [3.05, 3.63) is 30.0 Å². The Kier molecular flexibility index (Phi) is 2.33. The van der Waals surface area contributed by atoms with Crippen molar-refractivity contribution in [2.45, 2.75) is 6.92 Å². The predicted molar refractivity (Wildman–Crippen MR) is 57.6 cm³/mol. The fourth-order valence-electron chi connectivity index (χ4n) is 1.41. The van der Waals surface area contributed by atoms with E-state index in [1.807, 2.05) is 25.1 Å². The SMILES string of the molecule is COc1cc(C)ccc1-c1cnc(N)o1. The topological polar surface area (TPSA) is 61.3 Å². The number of aromatic nitrogens is 1. The lowest BCUT2D eigenvalue weighted by molar-refractivity contribution is 0.414. The Morgan fingerprint density at radius 3 is 2.80 bits per heavy atom. The van der Waals surface area contributed by atoms with Gasteiger partial charge in [0.1, 0.15) is 5.75 Å². The number of benzene rings is 1. The van der Waals surface area contributed by atoms with Crippen molar-refractivity contribution in [2.24, 2.45) is 0 Å². The average molecular weight is 204 g/mol. The minimum atomic E-state index is 0.160. The molecule has 0 radical (unpaired) electrons. The minimum Gasteiger partial charge on any atom is -0.496 e. The zero-order valence-electron chi connectivity index (χ0n) is 8.65. The molecule has 0 atom stereocenters. The van der Waals surface area contributed by atoms with E-state index in [-0.39, 0.29) is 6.01 Å². The van der Waals surface area contributed by atoms with E-state index in [1.54, 1.807) is 13.3 Å². The summed E-state index contributed by atoms with van der Waals surface area (Å²) in [6.45, 7) is 2.00. The molecule has 78 valence electrons. The zero-order valence-corrected chi connectivity index (χ0v) is 8.65. The van der Waals surface area contributed by atoms with E-state index in [4.69, 9.17) is 14.9 Å². The fourth-order valence-corrected chi connectivity index (χ4v) is 1.41. The van der Waals surface area contributed by atoms with Gasteiger partial charge in [0.2, 0.25) is 0 Å². The maximum atomic E-state index is 5.42. The molecule has 15 heavy (non-hydrogen) atoms. The van der Waals surface area contributed by atoms with Gasteiger partial charge in [-0.3, -0.25) is 0 Å². The first-order valence-corrected chi connectivity index (χ1v) is 4.57. The lowest BCUT2D eigenvalue weighted by Crippen LogP contribution is -1.87. The van der Waals surface area contributed by atoms with E-state index >= 15 is 0 Å². The summed E-state index contributed by atoms with van der Waals surface area (Å²) in [7, 11) is 1.62. The summed E-state index contributed by atoms with van der Waals surface area (Å²) in [4.78, 5) is 3.85. The van der Waals surface area contributed by atoms with Gasteiger partial charge in [-0.2, -0.15) is 0 Å². The van der Waals surface area contributed by atoms with Crippen LogP contribution in [0.3, 0.4) is 0 Å². The number of ether oxygens (including phenoxy) is 1. The second-order valence-electron chi connectivity index (χ2n) is 3.27. The first-order chi connectivity index (χ1) is 7.20. The Balaban J connectivity index is 2.52. The third-order valence-electron chi connectivity index (χ3n) is 2.15. The largest absolute Gasteiger partial charge is 0.496 e. The van der Waals surface area contributed by atoms with E-state index in [0.717, 1.165) is 16.9 Å². The molecule has 0 saturated heterocycles. The summed E-state index contributed by atoms with van der Waals surface area (Å²) >= 11 is 0. The maximum absolute atomic E-state index is 5.42. The van der Waals surface area contributed by atoms with Gasteiger partial charge in [0, 0.05) is 0 Å². The van der Waals surface area contributed by atoms with Crippen LogP contribution in [0.2, 0.25) is 0 Å². The number of hydrogen-bond acceptors (Lipinski definition) is 4. The lowest BCUT2D eigenvalue weighted by Gasteiger charge is -2.06. The average Bonchev–Trinajstić information content (AvgIpc) is 2.64. The number of oxazole rings is 1. The lowest BCUT2D eigenvalue weighted by atomic mass is 10.1. The third-order valence-corrected chi connectivity index (χ3v) is 2.15. The number of rotatable bonds is 2. The summed E-state index contributed by atoms with van der Waals surface area (Å²) in [5, 5.41) is 0. The molecule has 4 nitrogen and oxygen atoms in total. The van der Waals surface area contributed by atoms with Crippen LogP contribution in [0.15, 0.2) is 28.8 Å². The second-order valence-corrected chi connectivity index (χ2v) is 3.27. The van der Waals surface area contributed by atoms with Crippen LogP contribution in [0.1, 0.15) is 5.56 Å². The van der Waals surface area contributed by atoms with E-state index in [0.29, 0.717) is 5.76 Å². The molecule has 2 aromatic rings. The van der Waals surface area contributed by atoms with Gasteiger partial charge in [0.25, 0.3) is 6.01 Å². The summed E-state index contributed by atoms with van der Waals surface area (Å²) in [6, 6.07) is 6.01. The highest BCUT2D eigenvalue weighted by Gasteiger charge is 2.10. The molecule has 0 aliphatic rings. The van der Waals surface area contributed by atoms with Crippen LogP contribution in [-0.2, 0) is 0 Å². The predicted octanol–water partition coefficient (Wildman–Crippen LogP) is 2.24. The van der Waals surface area contributed by atoms with E-state index < -0.39 is 0 Å². The highest BCUT2D eigenvalue weighted by Crippen LogP contribution is 2.31. The van der Waals surface area contributed by atoms with E-state index in [2.05, 4.69) is 4.98 Å². The van der Waals surface area contributed by atoms with Crippen molar-refractivity contribution in [3.63, 3.8) is 0 Å². The van der Waals surface area contributed by atoms with Gasteiger partial charge in [-0.1, -0.05) is 6.07 Å². The second kappa shape index (κ2) is 3.65. The fraction of sp³-hybridized carbons (Fsp3) is 0.182. The molecule has 1 aromatic heterocycles. The number of anilines is 1. The van der Waals surface area contributed by atoms with E-state index in [1.165, 1.54) is 0 Å². The number of aryl methyl sites for hydroxylation is 1. The molecule has 0 saturated carbocycles. The van der Waals surface area contributed by atoms with Gasteiger partial charge in [0.15, 0.2) is 5.76 Å². The Morgan fingerprint density at radius 1 is 1.40 bits per heavy atom. The first-order valence-electron chi connectivity index (χ1n) is 4.57. The number of methoxy groups -OCH3 is 1. The van der Waals surface area contributed by atoms with Crippen LogP contribution in [0.5, 0.6) is 5.75 Å². The smallest absolute Gasteiger partial charge is 0.292 e. The normalized spacial score (nSPS) is 10.3. The number of nitrogens with zero attached hydrogens (tertiary/aromatic N) is 1. The molecule has 0 aliphatic carbocycles. The number of nitrogens with two attached hydrogens (primary N) is 1. The molecule has 0 bridgehead atoms. The van der Waals surface area contributed by atoms with Gasteiger partial charge in [-0.25, -0.2) is 4.98 Å². The highest BCUT2D eigenvalue weighted by molar-refractivity contribution is 5.66. The Hall–Kier alpha value is -1.97. The van der Waals surface area contributed by atoms with Crippen LogP contribution in [0, 0.1) is 6.92 Å². The zero-order chi connectivity index (χ0) is 10.8. The Labute approximate surface area is 87.7 Å². The summed E-state index contributed by atoms with van der Waals surface area (Å²) in [6.07, 6.45) is 1.59. The van der Waals surface area contributed by atoms with Crippen molar-refractivity contribution in [2.75, 3.05) is 12.8 Å².